The van der Waals surface area contributed by atoms with Crippen molar-refractivity contribution in [2.75, 3.05) is 32.1 Å². The standard InChI is InChI=1S/C25H29N5O2/c1-15-18(13-26)20-22(32-24(28-20)25(2,3)23(27)31)21(19(15)16-9-7-6-8-10-16)30-12-11-17(14-30)29(4)5/h6-10,17H,11-12,14H2,1-5H3,(H2,27,31). The predicted molar refractivity (Wildman–Crippen MR) is 125 cm³/mol. The van der Waals surface area contributed by atoms with E-state index in [9.17, 15) is 10.1 Å². The summed E-state index contributed by atoms with van der Waals surface area (Å²) in [6.07, 6.45) is 1.02. The van der Waals surface area contributed by atoms with Gasteiger partial charge in [0.15, 0.2) is 5.58 Å². The molecular formula is C25H29N5O2. The Morgan fingerprint density at radius 1 is 1.31 bits per heavy atom. The minimum Gasteiger partial charge on any atom is -0.437 e. The molecule has 1 aromatic heterocycles. The molecule has 2 N–H and O–H groups in total. The van der Waals surface area contributed by atoms with Crippen molar-refractivity contribution in [2.24, 2.45) is 5.73 Å². The van der Waals surface area contributed by atoms with E-state index < -0.39 is 11.3 Å². The summed E-state index contributed by atoms with van der Waals surface area (Å²) in [5, 5.41) is 10.0. The molecule has 3 aromatic rings. The molecule has 0 bridgehead atoms. The van der Waals surface area contributed by atoms with Gasteiger partial charge in [-0.1, -0.05) is 30.3 Å². The number of anilines is 1. The molecule has 1 unspecified atom stereocenters. The molecule has 1 fully saturated rings. The molecule has 0 spiro atoms. The van der Waals surface area contributed by atoms with Crippen LogP contribution in [0.25, 0.3) is 22.2 Å². The summed E-state index contributed by atoms with van der Waals surface area (Å²) >= 11 is 0. The number of nitrogens with two attached hydrogens (primary N) is 1. The molecule has 1 amide bonds. The van der Waals surface area contributed by atoms with E-state index in [1.165, 1.54) is 0 Å². The van der Waals surface area contributed by atoms with Crippen LogP contribution in [0.4, 0.5) is 5.69 Å². The van der Waals surface area contributed by atoms with E-state index in [4.69, 9.17) is 10.2 Å². The van der Waals surface area contributed by atoms with Gasteiger partial charge in [-0.2, -0.15) is 5.26 Å². The molecule has 0 radical (unpaired) electrons. The minimum atomic E-state index is -1.10. The van der Waals surface area contributed by atoms with E-state index in [-0.39, 0.29) is 5.89 Å². The molecule has 1 aliphatic rings. The number of fused-ring (bicyclic) bond motifs is 1. The SMILES string of the molecule is Cc1c(-c2ccccc2)c(N2CCC(N(C)C)C2)c2oc(C(C)(C)C(N)=O)nc2c1C#N. The molecule has 166 valence electrons. The average molecular weight is 432 g/mol. The molecule has 7 heteroatoms. The van der Waals surface area contributed by atoms with Crippen LogP contribution >= 0.6 is 0 Å². The van der Waals surface area contributed by atoms with E-state index in [0.29, 0.717) is 22.7 Å². The molecular weight excluding hydrogens is 402 g/mol. The summed E-state index contributed by atoms with van der Waals surface area (Å²) in [5.41, 5.74) is 9.78. The van der Waals surface area contributed by atoms with Crippen LogP contribution in [0.15, 0.2) is 34.7 Å². The fraction of sp³-hybridized carbons (Fsp3) is 0.400. The third-order valence-corrected chi connectivity index (χ3v) is 6.60. The lowest BCUT2D eigenvalue weighted by atomic mass is 9.92. The highest BCUT2D eigenvalue weighted by molar-refractivity contribution is 6.02. The number of hydrogen-bond acceptors (Lipinski definition) is 6. The number of amides is 1. The van der Waals surface area contributed by atoms with Crippen LogP contribution in [0, 0.1) is 18.3 Å². The van der Waals surface area contributed by atoms with Gasteiger partial charge >= 0.3 is 0 Å². The van der Waals surface area contributed by atoms with E-state index >= 15 is 0 Å². The first kappa shape index (κ1) is 21.8. The Hall–Kier alpha value is -3.37. The molecule has 0 saturated carbocycles. The van der Waals surface area contributed by atoms with Gasteiger partial charge in [0.1, 0.15) is 17.0 Å². The van der Waals surface area contributed by atoms with Crippen molar-refractivity contribution < 1.29 is 9.21 Å². The van der Waals surface area contributed by atoms with Crippen molar-refractivity contribution in [1.82, 2.24) is 9.88 Å². The van der Waals surface area contributed by atoms with Gasteiger partial charge in [-0.15, -0.1) is 0 Å². The van der Waals surface area contributed by atoms with Gasteiger partial charge in [-0.3, -0.25) is 4.79 Å². The van der Waals surface area contributed by atoms with Crippen molar-refractivity contribution >= 4 is 22.7 Å². The lowest BCUT2D eigenvalue weighted by Crippen LogP contribution is -2.35. The number of rotatable bonds is 5. The fourth-order valence-electron chi connectivity index (χ4n) is 4.38. The number of primary amides is 1. The number of nitriles is 1. The third-order valence-electron chi connectivity index (χ3n) is 6.60. The molecule has 4 rings (SSSR count). The zero-order valence-electron chi connectivity index (χ0n) is 19.3. The van der Waals surface area contributed by atoms with Crippen molar-refractivity contribution in [2.45, 2.75) is 38.6 Å². The summed E-state index contributed by atoms with van der Waals surface area (Å²) in [6.45, 7) is 7.03. The molecule has 1 aliphatic heterocycles. The van der Waals surface area contributed by atoms with Gasteiger partial charge < -0.3 is 20.0 Å². The number of oxazole rings is 1. The Labute approximate surface area is 188 Å². The van der Waals surface area contributed by atoms with Gasteiger partial charge in [0.25, 0.3) is 0 Å². The number of aromatic nitrogens is 1. The fourth-order valence-corrected chi connectivity index (χ4v) is 4.38. The first-order chi connectivity index (χ1) is 15.2. The van der Waals surface area contributed by atoms with E-state index in [0.717, 1.165) is 41.9 Å². The normalized spacial score (nSPS) is 16.7. The summed E-state index contributed by atoms with van der Waals surface area (Å²) in [5.74, 6) is -0.302. The Morgan fingerprint density at radius 3 is 2.56 bits per heavy atom. The number of carbonyl (C=O) groups is 1. The van der Waals surface area contributed by atoms with Crippen LogP contribution in [0.1, 0.15) is 37.3 Å². The van der Waals surface area contributed by atoms with Gasteiger partial charge in [0.2, 0.25) is 11.8 Å². The maximum Gasteiger partial charge on any atom is 0.232 e. The van der Waals surface area contributed by atoms with Crippen LogP contribution in [0.5, 0.6) is 0 Å². The summed E-state index contributed by atoms with van der Waals surface area (Å²) in [7, 11) is 4.18. The molecule has 0 aliphatic carbocycles. The van der Waals surface area contributed by atoms with Gasteiger partial charge in [-0.05, 0) is 52.4 Å². The van der Waals surface area contributed by atoms with Crippen LogP contribution in [-0.2, 0) is 10.2 Å². The zero-order valence-corrected chi connectivity index (χ0v) is 19.3. The Bertz CT molecular complexity index is 1220. The second-order valence-electron chi connectivity index (χ2n) is 9.24. The third kappa shape index (κ3) is 3.41. The highest BCUT2D eigenvalue weighted by atomic mass is 16.4. The second-order valence-corrected chi connectivity index (χ2v) is 9.24. The van der Waals surface area contributed by atoms with Crippen molar-refractivity contribution in [3.8, 4) is 17.2 Å². The molecule has 32 heavy (non-hydrogen) atoms. The van der Waals surface area contributed by atoms with Gasteiger partial charge in [0, 0.05) is 24.7 Å². The summed E-state index contributed by atoms with van der Waals surface area (Å²) < 4.78 is 6.27. The van der Waals surface area contributed by atoms with Crippen molar-refractivity contribution in [1.29, 1.82) is 5.26 Å². The maximum absolute atomic E-state index is 12.1. The second kappa shape index (κ2) is 7.95. The van der Waals surface area contributed by atoms with E-state index in [1.54, 1.807) is 13.8 Å². The molecule has 7 nitrogen and oxygen atoms in total. The Balaban J connectivity index is 2.06. The largest absolute Gasteiger partial charge is 0.437 e. The first-order valence-corrected chi connectivity index (χ1v) is 10.8. The highest BCUT2D eigenvalue weighted by Gasteiger charge is 2.37. The van der Waals surface area contributed by atoms with Crippen molar-refractivity contribution in [3.63, 3.8) is 0 Å². The average Bonchev–Trinajstić information content (AvgIpc) is 3.41. The van der Waals surface area contributed by atoms with Crippen molar-refractivity contribution in [3.05, 3.63) is 47.3 Å². The number of benzene rings is 2. The number of nitrogens with zero attached hydrogens (tertiary/aromatic N) is 4. The van der Waals surface area contributed by atoms with Crippen LogP contribution in [0.2, 0.25) is 0 Å². The molecule has 1 saturated heterocycles. The quantitative estimate of drug-likeness (QED) is 0.663. The predicted octanol–water partition coefficient (Wildman–Crippen LogP) is 3.58. The van der Waals surface area contributed by atoms with Crippen LogP contribution in [-0.4, -0.2) is 49.0 Å². The monoisotopic (exact) mass is 431 g/mol. The lowest BCUT2D eigenvalue weighted by molar-refractivity contribution is -0.123. The van der Waals surface area contributed by atoms with Gasteiger partial charge in [0.05, 0.1) is 11.3 Å². The van der Waals surface area contributed by atoms with E-state index in [2.05, 4.69) is 34.9 Å². The Morgan fingerprint density at radius 2 is 2.00 bits per heavy atom. The van der Waals surface area contributed by atoms with Gasteiger partial charge in [-0.25, -0.2) is 4.98 Å². The van der Waals surface area contributed by atoms with Crippen LogP contribution < -0.4 is 10.6 Å². The first-order valence-electron chi connectivity index (χ1n) is 10.8. The molecule has 2 heterocycles. The minimum absolute atomic E-state index is 0.228. The smallest absolute Gasteiger partial charge is 0.232 e. The number of hydrogen-bond donors (Lipinski definition) is 1. The summed E-state index contributed by atoms with van der Waals surface area (Å²) in [4.78, 5) is 21.3. The summed E-state index contributed by atoms with van der Waals surface area (Å²) in [6, 6.07) is 12.8. The van der Waals surface area contributed by atoms with E-state index in [1.807, 2.05) is 37.3 Å². The highest BCUT2D eigenvalue weighted by Crippen LogP contribution is 2.45. The molecule has 1 atom stereocenters. The zero-order chi connectivity index (χ0) is 23.2. The van der Waals surface area contributed by atoms with Crippen LogP contribution in [0.3, 0.4) is 0 Å². The lowest BCUT2D eigenvalue weighted by Gasteiger charge is -2.25. The number of likely N-dealkylation sites (N-methyl/N-ethyl adjacent to an activating group) is 1. The topological polar surface area (TPSA) is 99.4 Å². The number of carbonyl (C=O) groups excluding carboxylic acids is 1. The maximum atomic E-state index is 12.1. The Kier molecular flexibility index (Phi) is 5.43. The molecule has 2 aromatic carbocycles.